The molecule has 0 amide bonds. The van der Waals surface area contributed by atoms with E-state index in [9.17, 15) is 21.6 Å². The van der Waals surface area contributed by atoms with Crippen molar-refractivity contribution in [1.29, 1.82) is 0 Å². The lowest BCUT2D eigenvalue weighted by Crippen LogP contribution is -2.56. The zero-order chi connectivity index (χ0) is 16.1. The van der Waals surface area contributed by atoms with Crippen molar-refractivity contribution in [1.82, 2.24) is 13.9 Å². The van der Waals surface area contributed by atoms with Crippen LogP contribution in [0, 0.1) is 0 Å². The van der Waals surface area contributed by atoms with Crippen LogP contribution in [0.1, 0.15) is 19.8 Å². The molecule has 0 saturated carbocycles. The number of hydrogen-bond donors (Lipinski definition) is 2. The van der Waals surface area contributed by atoms with Gasteiger partial charge in [-0.3, -0.25) is 4.90 Å². The fraction of sp³-hybridized carbons (Fsp3) is 1.00. The minimum atomic E-state index is -4.55. The highest BCUT2D eigenvalue weighted by atomic mass is 32.2. The van der Waals surface area contributed by atoms with Gasteiger partial charge < -0.3 is 5.73 Å². The predicted octanol–water partition coefficient (Wildman–Crippen LogP) is 0.128. The third-order valence-corrected chi connectivity index (χ3v) is 5.03. The van der Waals surface area contributed by atoms with Gasteiger partial charge in [0, 0.05) is 38.8 Å². The van der Waals surface area contributed by atoms with E-state index >= 15 is 0 Å². The van der Waals surface area contributed by atoms with Gasteiger partial charge in [0.1, 0.15) is 6.54 Å². The third kappa shape index (κ3) is 6.07. The Bertz CT molecular complexity index is 408. The van der Waals surface area contributed by atoms with Crippen LogP contribution in [0.3, 0.4) is 0 Å². The molecule has 1 atom stereocenters. The molecule has 1 rings (SSSR count). The standard InChI is InChI=1S/C11H23F3N4O2S/c1-2-3-10(8-15)17-4-6-18(7-5-17)21(19,20)16-9-11(12,13)14/h10,16H,2-9,15H2,1H3. The van der Waals surface area contributed by atoms with Crippen molar-refractivity contribution in [3.63, 3.8) is 0 Å². The Kier molecular flexibility index (Phi) is 6.85. The molecule has 1 fully saturated rings. The molecule has 0 spiro atoms. The summed E-state index contributed by atoms with van der Waals surface area (Å²) in [4.78, 5) is 2.10. The Morgan fingerprint density at radius 3 is 2.24 bits per heavy atom. The molecular formula is C11H23F3N4O2S. The van der Waals surface area contributed by atoms with Gasteiger partial charge in [-0.15, -0.1) is 0 Å². The number of rotatable bonds is 7. The first kappa shape index (κ1) is 18.6. The molecule has 0 aromatic rings. The van der Waals surface area contributed by atoms with Gasteiger partial charge in [0.25, 0.3) is 10.2 Å². The molecule has 1 aliphatic rings. The molecular weight excluding hydrogens is 309 g/mol. The highest BCUT2D eigenvalue weighted by molar-refractivity contribution is 7.87. The maximum absolute atomic E-state index is 12.1. The van der Waals surface area contributed by atoms with Crippen molar-refractivity contribution in [3.05, 3.63) is 0 Å². The van der Waals surface area contributed by atoms with Crippen molar-refractivity contribution in [2.45, 2.75) is 32.0 Å². The van der Waals surface area contributed by atoms with Gasteiger partial charge in [0.05, 0.1) is 0 Å². The maximum atomic E-state index is 12.1. The molecule has 21 heavy (non-hydrogen) atoms. The average molecular weight is 332 g/mol. The van der Waals surface area contributed by atoms with Gasteiger partial charge in [-0.05, 0) is 6.42 Å². The van der Waals surface area contributed by atoms with E-state index < -0.39 is 22.9 Å². The third-order valence-electron chi connectivity index (χ3n) is 3.48. The molecule has 0 aromatic heterocycles. The summed E-state index contributed by atoms with van der Waals surface area (Å²) >= 11 is 0. The number of alkyl halides is 3. The molecule has 126 valence electrons. The molecule has 1 aliphatic heterocycles. The topological polar surface area (TPSA) is 78.7 Å². The van der Waals surface area contributed by atoms with Crippen LogP contribution in [-0.2, 0) is 10.2 Å². The fourth-order valence-electron chi connectivity index (χ4n) is 2.36. The smallest absolute Gasteiger partial charge is 0.329 e. The molecule has 0 bridgehead atoms. The fourth-order valence-corrected chi connectivity index (χ4v) is 3.53. The average Bonchev–Trinajstić information content (AvgIpc) is 2.42. The van der Waals surface area contributed by atoms with Crippen molar-refractivity contribution < 1.29 is 21.6 Å². The van der Waals surface area contributed by atoms with Crippen molar-refractivity contribution in [3.8, 4) is 0 Å². The van der Waals surface area contributed by atoms with Crippen LogP contribution in [-0.4, -0.2) is 69.1 Å². The van der Waals surface area contributed by atoms with E-state index in [0.717, 1.165) is 17.1 Å². The van der Waals surface area contributed by atoms with Crippen molar-refractivity contribution in [2.24, 2.45) is 5.73 Å². The lowest BCUT2D eigenvalue weighted by atomic mass is 10.1. The van der Waals surface area contributed by atoms with E-state index in [0.29, 0.717) is 19.6 Å². The highest BCUT2D eigenvalue weighted by Gasteiger charge is 2.33. The van der Waals surface area contributed by atoms with Crippen LogP contribution < -0.4 is 10.5 Å². The summed E-state index contributed by atoms with van der Waals surface area (Å²) in [6.07, 6.45) is -2.65. The Balaban J connectivity index is 2.51. The number of piperazine rings is 1. The quantitative estimate of drug-likeness (QED) is 0.695. The number of nitrogens with zero attached hydrogens (tertiary/aromatic N) is 2. The molecule has 0 radical (unpaired) electrons. The molecule has 0 aliphatic carbocycles. The van der Waals surface area contributed by atoms with Crippen LogP contribution in [0.15, 0.2) is 0 Å². The summed E-state index contributed by atoms with van der Waals surface area (Å²) in [6, 6.07) is 0.197. The minimum absolute atomic E-state index is 0.174. The second kappa shape index (κ2) is 7.73. The molecule has 1 saturated heterocycles. The van der Waals surface area contributed by atoms with Crippen LogP contribution in [0.4, 0.5) is 13.2 Å². The van der Waals surface area contributed by atoms with E-state index in [1.165, 1.54) is 0 Å². The normalized spacial score (nSPS) is 20.6. The van der Waals surface area contributed by atoms with E-state index in [2.05, 4.69) is 4.90 Å². The lowest BCUT2D eigenvalue weighted by molar-refractivity contribution is -0.121. The molecule has 1 heterocycles. The summed E-state index contributed by atoms with van der Waals surface area (Å²) < 4.78 is 62.4. The summed E-state index contributed by atoms with van der Waals surface area (Å²) in [7, 11) is -4.08. The van der Waals surface area contributed by atoms with Gasteiger partial charge in [-0.25, -0.2) is 0 Å². The highest BCUT2D eigenvalue weighted by Crippen LogP contribution is 2.15. The van der Waals surface area contributed by atoms with Crippen molar-refractivity contribution in [2.75, 3.05) is 39.3 Å². The second-order valence-electron chi connectivity index (χ2n) is 5.05. The first-order valence-corrected chi connectivity index (χ1v) is 8.39. The number of hydrogen-bond acceptors (Lipinski definition) is 4. The lowest BCUT2D eigenvalue weighted by Gasteiger charge is -2.38. The summed E-state index contributed by atoms with van der Waals surface area (Å²) in [5, 5.41) is 0. The molecule has 1 unspecified atom stereocenters. The zero-order valence-corrected chi connectivity index (χ0v) is 12.9. The van der Waals surface area contributed by atoms with Gasteiger partial charge in [0.2, 0.25) is 0 Å². The van der Waals surface area contributed by atoms with Gasteiger partial charge in [-0.1, -0.05) is 13.3 Å². The predicted molar refractivity (Wildman–Crippen MR) is 73.9 cm³/mol. The van der Waals surface area contributed by atoms with E-state index in [1.807, 2.05) is 6.92 Å². The summed E-state index contributed by atoms with van der Waals surface area (Å²) in [5.74, 6) is 0. The number of nitrogens with two attached hydrogens (primary N) is 1. The maximum Gasteiger partial charge on any atom is 0.402 e. The van der Waals surface area contributed by atoms with Crippen LogP contribution >= 0.6 is 0 Å². The Morgan fingerprint density at radius 2 is 1.81 bits per heavy atom. The second-order valence-corrected chi connectivity index (χ2v) is 6.81. The van der Waals surface area contributed by atoms with Gasteiger partial charge >= 0.3 is 6.18 Å². The summed E-state index contributed by atoms with van der Waals surface area (Å²) in [6.45, 7) is 2.30. The van der Waals surface area contributed by atoms with Gasteiger partial charge in [-0.2, -0.15) is 30.6 Å². The van der Waals surface area contributed by atoms with E-state index in [-0.39, 0.29) is 19.1 Å². The number of halogens is 3. The van der Waals surface area contributed by atoms with Crippen LogP contribution in [0.25, 0.3) is 0 Å². The first-order chi connectivity index (χ1) is 9.69. The Labute approximate surface area is 123 Å². The SMILES string of the molecule is CCCC(CN)N1CCN(S(=O)(=O)NCC(F)(F)F)CC1. The van der Waals surface area contributed by atoms with Gasteiger partial charge in [0.15, 0.2) is 0 Å². The van der Waals surface area contributed by atoms with Crippen LogP contribution in [0.5, 0.6) is 0 Å². The Morgan fingerprint density at radius 1 is 1.24 bits per heavy atom. The molecule has 6 nitrogen and oxygen atoms in total. The molecule has 10 heteroatoms. The first-order valence-electron chi connectivity index (χ1n) is 6.95. The number of nitrogens with one attached hydrogen (secondary N) is 1. The van der Waals surface area contributed by atoms with Crippen LogP contribution in [0.2, 0.25) is 0 Å². The monoisotopic (exact) mass is 332 g/mol. The molecule has 3 N–H and O–H groups in total. The zero-order valence-electron chi connectivity index (χ0n) is 12.1. The van der Waals surface area contributed by atoms with E-state index in [1.54, 1.807) is 4.72 Å². The van der Waals surface area contributed by atoms with Crippen molar-refractivity contribution >= 4 is 10.2 Å². The minimum Gasteiger partial charge on any atom is -0.329 e. The van der Waals surface area contributed by atoms with E-state index in [4.69, 9.17) is 5.73 Å². The Hall–Kier alpha value is -0.420. The summed E-state index contributed by atoms with van der Waals surface area (Å²) in [5.41, 5.74) is 5.69. The largest absolute Gasteiger partial charge is 0.402 e. The molecule has 0 aromatic carbocycles.